The molecule has 0 fully saturated rings. The van der Waals surface area contributed by atoms with Crippen LogP contribution in [0.5, 0.6) is 0 Å². The molecule has 1 aliphatic rings. The second-order valence-corrected chi connectivity index (χ2v) is 5.01. The smallest absolute Gasteiger partial charge is 0.0590 e. The lowest BCUT2D eigenvalue weighted by atomic mass is 9.98. The fourth-order valence-electron chi connectivity index (χ4n) is 2.69. The minimum atomic E-state index is 0.247. The molecule has 1 aliphatic heterocycles. The van der Waals surface area contributed by atoms with Crippen molar-refractivity contribution in [3.8, 4) is 0 Å². The van der Waals surface area contributed by atoms with Crippen LogP contribution in [0, 0.1) is 0 Å². The standard InChI is InChI=1S/C16H23NO/c1-2-7-15-10-6-11-16(13-18)17(15)12-14-8-4-3-5-9-14/h3-6,8-10,15-16,18H,2,7,11-13H2,1H3/t15-,16-/m1/s1. The number of rotatable bonds is 5. The van der Waals surface area contributed by atoms with Gasteiger partial charge in [0.25, 0.3) is 0 Å². The molecule has 1 heterocycles. The minimum Gasteiger partial charge on any atom is -0.395 e. The summed E-state index contributed by atoms with van der Waals surface area (Å²) in [6, 6.07) is 11.3. The van der Waals surface area contributed by atoms with Gasteiger partial charge in [0.15, 0.2) is 0 Å². The third-order valence-electron chi connectivity index (χ3n) is 3.66. The molecular weight excluding hydrogens is 222 g/mol. The molecule has 1 N–H and O–H groups in total. The molecule has 2 heteroatoms. The third kappa shape index (κ3) is 3.21. The Morgan fingerprint density at radius 1 is 1.28 bits per heavy atom. The van der Waals surface area contributed by atoms with Crippen LogP contribution in [0.1, 0.15) is 31.7 Å². The van der Waals surface area contributed by atoms with Crippen LogP contribution in [0.3, 0.4) is 0 Å². The van der Waals surface area contributed by atoms with E-state index in [1.807, 2.05) is 6.07 Å². The van der Waals surface area contributed by atoms with Gasteiger partial charge in [-0.1, -0.05) is 55.8 Å². The van der Waals surface area contributed by atoms with E-state index in [0.29, 0.717) is 6.04 Å². The number of hydrogen-bond acceptors (Lipinski definition) is 2. The van der Waals surface area contributed by atoms with Crippen LogP contribution in [0.25, 0.3) is 0 Å². The van der Waals surface area contributed by atoms with Gasteiger partial charge in [0.05, 0.1) is 6.61 Å². The number of aliphatic hydroxyl groups is 1. The molecule has 18 heavy (non-hydrogen) atoms. The summed E-state index contributed by atoms with van der Waals surface area (Å²) in [7, 11) is 0. The molecule has 2 atom stereocenters. The van der Waals surface area contributed by atoms with Crippen LogP contribution >= 0.6 is 0 Å². The van der Waals surface area contributed by atoms with E-state index in [-0.39, 0.29) is 12.6 Å². The molecular formula is C16H23NO. The van der Waals surface area contributed by atoms with Gasteiger partial charge in [0.1, 0.15) is 0 Å². The maximum Gasteiger partial charge on any atom is 0.0590 e. The quantitative estimate of drug-likeness (QED) is 0.806. The van der Waals surface area contributed by atoms with E-state index in [2.05, 4.69) is 48.2 Å². The van der Waals surface area contributed by atoms with Crippen LogP contribution in [0.2, 0.25) is 0 Å². The van der Waals surface area contributed by atoms with E-state index in [1.165, 1.54) is 18.4 Å². The van der Waals surface area contributed by atoms with Gasteiger partial charge in [-0.3, -0.25) is 4.90 Å². The Morgan fingerprint density at radius 3 is 2.72 bits per heavy atom. The van der Waals surface area contributed by atoms with Crippen molar-refractivity contribution >= 4 is 0 Å². The van der Waals surface area contributed by atoms with Gasteiger partial charge in [-0.05, 0) is 18.4 Å². The Hall–Kier alpha value is -1.12. The number of aliphatic hydroxyl groups excluding tert-OH is 1. The first-order valence-electron chi connectivity index (χ1n) is 6.92. The molecule has 1 aromatic carbocycles. The zero-order chi connectivity index (χ0) is 12.8. The summed E-state index contributed by atoms with van der Waals surface area (Å²) in [5, 5.41) is 9.55. The van der Waals surface area contributed by atoms with Crippen molar-refractivity contribution in [1.29, 1.82) is 0 Å². The molecule has 98 valence electrons. The Kier molecular flexibility index (Phi) is 4.97. The van der Waals surface area contributed by atoms with Crippen LogP contribution < -0.4 is 0 Å². The van der Waals surface area contributed by atoms with Crippen molar-refractivity contribution < 1.29 is 5.11 Å². The monoisotopic (exact) mass is 245 g/mol. The predicted molar refractivity (Wildman–Crippen MR) is 75.3 cm³/mol. The lowest BCUT2D eigenvalue weighted by Crippen LogP contribution is -2.45. The molecule has 0 amide bonds. The van der Waals surface area contributed by atoms with Gasteiger partial charge in [0.2, 0.25) is 0 Å². The highest BCUT2D eigenvalue weighted by Gasteiger charge is 2.26. The summed E-state index contributed by atoms with van der Waals surface area (Å²) in [6.07, 6.45) is 7.84. The molecule has 0 aromatic heterocycles. The largest absolute Gasteiger partial charge is 0.395 e. The van der Waals surface area contributed by atoms with Gasteiger partial charge in [0, 0.05) is 18.6 Å². The number of benzene rings is 1. The SMILES string of the molecule is CCC[C@@H]1C=CC[C@H](CO)N1Cc1ccccc1. The average molecular weight is 245 g/mol. The van der Waals surface area contributed by atoms with E-state index >= 15 is 0 Å². The Bertz CT molecular complexity index is 374. The topological polar surface area (TPSA) is 23.5 Å². The fraction of sp³-hybridized carbons (Fsp3) is 0.500. The van der Waals surface area contributed by atoms with Crippen LogP contribution in [-0.4, -0.2) is 28.7 Å². The normalized spacial score (nSPS) is 24.3. The number of nitrogens with zero attached hydrogens (tertiary/aromatic N) is 1. The van der Waals surface area contributed by atoms with E-state index < -0.39 is 0 Å². The molecule has 0 saturated carbocycles. The van der Waals surface area contributed by atoms with Crippen molar-refractivity contribution in [2.45, 2.75) is 44.8 Å². The summed E-state index contributed by atoms with van der Waals surface area (Å²) >= 11 is 0. The first kappa shape index (κ1) is 13.3. The highest BCUT2D eigenvalue weighted by atomic mass is 16.3. The van der Waals surface area contributed by atoms with Crippen LogP contribution in [-0.2, 0) is 6.54 Å². The van der Waals surface area contributed by atoms with E-state index in [0.717, 1.165) is 13.0 Å². The second-order valence-electron chi connectivity index (χ2n) is 5.01. The van der Waals surface area contributed by atoms with Crippen molar-refractivity contribution in [2.75, 3.05) is 6.61 Å². The van der Waals surface area contributed by atoms with Crippen molar-refractivity contribution in [3.05, 3.63) is 48.0 Å². The lowest BCUT2D eigenvalue weighted by Gasteiger charge is -2.38. The highest BCUT2D eigenvalue weighted by Crippen LogP contribution is 2.23. The predicted octanol–water partition coefficient (Wildman–Crippen LogP) is 2.98. The summed E-state index contributed by atoms with van der Waals surface area (Å²) in [5.41, 5.74) is 1.33. The molecule has 0 bridgehead atoms. The van der Waals surface area contributed by atoms with Gasteiger partial charge in [-0.2, -0.15) is 0 Å². The first-order valence-corrected chi connectivity index (χ1v) is 6.92. The fourth-order valence-corrected chi connectivity index (χ4v) is 2.69. The van der Waals surface area contributed by atoms with E-state index in [1.54, 1.807) is 0 Å². The summed E-state index contributed by atoms with van der Waals surface area (Å²) in [4.78, 5) is 2.44. The van der Waals surface area contributed by atoms with Crippen LogP contribution in [0.4, 0.5) is 0 Å². The minimum absolute atomic E-state index is 0.247. The maximum absolute atomic E-state index is 9.55. The molecule has 0 radical (unpaired) electrons. The zero-order valence-electron chi connectivity index (χ0n) is 11.1. The van der Waals surface area contributed by atoms with Gasteiger partial charge in [-0.15, -0.1) is 0 Å². The zero-order valence-corrected chi connectivity index (χ0v) is 11.1. The average Bonchev–Trinajstić information content (AvgIpc) is 2.42. The summed E-state index contributed by atoms with van der Waals surface area (Å²) in [6.45, 7) is 3.40. The molecule has 2 nitrogen and oxygen atoms in total. The highest BCUT2D eigenvalue weighted by molar-refractivity contribution is 5.16. The molecule has 0 aliphatic carbocycles. The molecule has 2 rings (SSSR count). The number of hydrogen-bond donors (Lipinski definition) is 1. The van der Waals surface area contributed by atoms with E-state index in [9.17, 15) is 5.11 Å². The van der Waals surface area contributed by atoms with Gasteiger partial charge in [-0.25, -0.2) is 0 Å². The van der Waals surface area contributed by atoms with Gasteiger partial charge < -0.3 is 5.11 Å². The molecule has 1 aromatic rings. The first-order chi connectivity index (χ1) is 8.85. The molecule has 0 unspecified atom stereocenters. The van der Waals surface area contributed by atoms with Gasteiger partial charge >= 0.3 is 0 Å². The molecule has 0 spiro atoms. The lowest BCUT2D eigenvalue weighted by molar-refractivity contribution is 0.0826. The van der Waals surface area contributed by atoms with Crippen molar-refractivity contribution in [2.24, 2.45) is 0 Å². The molecule has 0 saturated heterocycles. The van der Waals surface area contributed by atoms with Crippen molar-refractivity contribution in [1.82, 2.24) is 4.90 Å². The Labute approximate surface area is 110 Å². The Morgan fingerprint density at radius 2 is 2.06 bits per heavy atom. The summed E-state index contributed by atoms with van der Waals surface area (Å²) < 4.78 is 0. The third-order valence-corrected chi connectivity index (χ3v) is 3.66. The summed E-state index contributed by atoms with van der Waals surface area (Å²) in [5.74, 6) is 0. The van der Waals surface area contributed by atoms with Crippen molar-refractivity contribution in [3.63, 3.8) is 0 Å². The second kappa shape index (κ2) is 6.72. The Balaban J connectivity index is 2.11. The van der Waals surface area contributed by atoms with Crippen LogP contribution in [0.15, 0.2) is 42.5 Å². The maximum atomic E-state index is 9.55. The van der Waals surface area contributed by atoms with E-state index in [4.69, 9.17) is 0 Å².